The number of piperazine rings is 1. The van der Waals surface area contributed by atoms with E-state index in [9.17, 15) is 8.42 Å². The summed E-state index contributed by atoms with van der Waals surface area (Å²) in [5.41, 5.74) is 1.23. The molecular weight excluding hydrogens is 314 g/mol. The van der Waals surface area contributed by atoms with Crippen LogP contribution in [0.25, 0.3) is 0 Å². The summed E-state index contributed by atoms with van der Waals surface area (Å²) in [4.78, 5) is 2.33. The van der Waals surface area contributed by atoms with E-state index < -0.39 is 10.2 Å². The first-order chi connectivity index (χ1) is 11.1. The topological polar surface area (TPSA) is 61.9 Å². The van der Waals surface area contributed by atoms with Crippen molar-refractivity contribution in [3.63, 3.8) is 0 Å². The van der Waals surface area contributed by atoms with Gasteiger partial charge in [0.05, 0.1) is 7.11 Å². The smallest absolute Gasteiger partial charge is 0.279 e. The zero-order chi connectivity index (χ0) is 16.7. The number of ether oxygens (including phenoxy) is 1. The number of hydrogen-bond donors (Lipinski definition) is 1. The van der Waals surface area contributed by atoms with Gasteiger partial charge in [0, 0.05) is 32.7 Å². The maximum absolute atomic E-state index is 11.9. The summed E-state index contributed by atoms with van der Waals surface area (Å²) in [5, 5.41) is 0. The van der Waals surface area contributed by atoms with Gasteiger partial charge >= 0.3 is 0 Å². The minimum Gasteiger partial charge on any atom is -0.496 e. The molecule has 0 radical (unpaired) electrons. The minimum absolute atomic E-state index is 0.432. The van der Waals surface area contributed by atoms with Crippen LogP contribution in [-0.4, -0.2) is 64.0 Å². The Hall–Kier alpha value is -1.15. The zero-order valence-corrected chi connectivity index (χ0v) is 14.8. The predicted molar refractivity (Wildman–Crippen MR) is 91.9 cm³/mol. The third-order valence-electron chi connectivity index (χ3n) is 4.11. The molecular formula is C16H27N3O3S. The summed E-state index contributed by atoms with van der Waals surface area (Å²) < 4.78 is 33.3. The second-order valence-corrected chi connectivity index (χ2v) is 7.41. The number of nitrogens with zero attached hydrogens (tertiary/aromatic N) is 2. The SMILES string of the molecule is CCNS(=O)(=O)N1CCN(CCCc2ccccc2OC)CC1. The number of rotatable bonds is 8. The third kappa shape index (κ3) is 5.17. The van der Waals surface area contributed by atoms with Crippen molar-refractivity contribution in [1.82, 2.24) is 13.9 Å². The number of methoxy groups -OCH3 is 1. The average molecular weight is 341 g/mol. The molecule has 0 bridgehead atoms. The molecule has 23 heavy (non-hydrogen) atoms. The molecule has 0 aliphatic carbocycles. The van der Waals surface area contributed by atoms with E-state index >= 15 is 0 Å². The van der Waals surface area contributed by atoms with Crippen LogP contribution in [0, 0.1) is 0 Å². The van der Waals surface area contributed by atoms with Crippen LogP contribution in [-0.2, 0) is 16.6 Å². The lowest BCUT2D eigenvalue weighted by molar-refractivity contribution is 0.185. The molecule has 0 atom stereocenters. The highest BCUT2D eigenvalue weighted by Gasteiger charge is 2.25. The minimum atomic E-state index is -3.29. The molecule has 1 fully saturated rings. The van der Waals surface area contributed by atoms with E-state index in [0.29, 0.717) is 19.6 Å². The van der Waals surface area contributed by atoms with Gasteiger partial charge in [-0.15, -0.1) is 0 Å². The van der Waals surface area contributed by atoms with Gasteiger partial charge in [-0.1, -0.05) is 25.1 Å². The summed E-state index contributed by atoms with van der Waals surface area (Å²) in [5.74, 6) is 0.939. The van der Waals surface area contributed by atoms with E-state index in [1.54, 1.807) is 14.0 Å². The molecule has 0 aromatic heterocycles. The Balaban J connectivity index is 1.75. The fraction of sp³-hybridized carbons (Fsp3) is 0.625. The Morgan fingerprint density at radius 2 is 1.87 bits per heavy atom. The summed E-state index contributed by atoms with van der Waals surface area (Å²) in [6.07, 6.45) is 2.01. The van der Waals surface area contributed by atoms with Crippen molar-refractivity contribution >= 4 is 10.2 Å². The van der Waals surface area contributed by atoms with E-state index in [1.165, 1.54) is 9.87 Å². The van der Waals surface area contributed by atoms with Gasteiger partial charge in [-0.25, -0.2) is 4.72 Å². The van der Waals surface area contributed by atoms with Crippen molar-refractivity contribution in [2.24, 2.45) is 0 Å². The van der Waals surface area contributed by atoms with Crippen molar-refractivity contribution in [2.75, 3.05) is 46.4 Å². The van der Waals surface area contributed by atoms with Crippen molar-refractivity contribution in [3.8, 4) is 5.75 Å². The molecule has 1 saturated heterocycles. The van der Waals surface area contributed by atoms with Crippen LogP contribution < -0.4 is 9.46 Å². The van der Waals surface area contributed by atoms with Crippen molar-refractivity contribution in [2.45, 2.75) is 19.8 Å². The molecule has 6 nitrogen and oxygen atoms in total. The zero-order valence-electron chi connectivity index (χ0n) is 14.0. The molecule has 1 N–H and O–H groups in total. The molecule has 0 saturated carbocycles. The lowest BCUT2D eigenvalue weighted by atomic mass is 10.1. The highest BCUT2D eigenvalue weighted by molar-refractivity contribution is 7.87. The van der Waals surface area contributed by atoms with Crippen LogP contribution >= 0.6 is 0 Å². The van der Waals surface area contributed by atoms with E-state index in [0.717, 1.165) is 38.2 Å². The Labute approximate surface area is 139 Å². The van der Waals surface area contributed by atoms with E-state index in [-0.39, 0.29) is 0 Å². The fourth-order valence-corrected chi connectivity index (χ4v) is 4.06. The molecule has 2 rings (SSSR count). The first-order valence-electron chi connectivity index (χ1n) is 8.16. The molecule has 0 amide bonds. The maximum Gasteiger partial charge on any atom is 0.279 e. The summed E-state index contributed by atoms with van der Waals surface area (Å²) >= 11 is 0. The average Bonchev–Trinajstić information content (AvgIpc) is 2.56. The van der Waals surface area contributed by atoms with Gasteiger partial charge in [-0.05, 0) is 31.0 Å². The van der Waals surface area contributed by atoms with Gasteiger partial charge in [-0.2, -0.15) is 12.7 Å². The number of hydrogen-bond acceptors (Lipinski definition) is 4. The Morgan fingerprint density at radius 1 is 1.17 bits per heavy atom. The first kappa shape index (κ1) is 18.2. The first-order valence-corrected chi connectivity index (χ1v) is 9.60. The van der Waals surface area contributed by atoms with Crippen LogP contribution in [0.3, 0.4) is 0 Å². The Morgan fingerprint density at radius 3 is 2.52 bits per heavy atom. The highest BCUT2D eigenvalue weighted by Crippen LogP contribution is 2.19. The van der Waals surface area contributed by atoms with Crippen molar-refractivity contribution in [3.05, 3.63) is 29.8 Å². The van der Waals surface area contributed by atoms with Gasteiger partial charge in [0.15, 0.2) is 0 Å². The van der Waals surface area contributed by atoms with E-state index in [1.807, 2.05) is 18.2 Å². The number of para-hydroxylation sites is 1. The van der Waals surface area contributed by atoms with E-state index in [2.05, 4.69) is 15.7 Å². The normalized spacial score (nSPS) is 17.3. The third-order valence-corrected chi connectivity index (χ3v) is 5.81. The number of benzene rings is 1. The molecule has 130 valence electrons. The van der Waals surface area contributed by atoms with Crippen LogP contribution in [0.4, 0.5) is 0 Å². The van der Waals surface area contributed by atoms with Gasteiger partial charge in [0.1, 0.15) is 5.75 Å². The molecule has 1 aliphatic heterocycles. The van der Waals surface area contributed by atoms with Gasteiger partial charge in [0.25, 0.3) is 10.2 Å². The molecule has 0 spiro atoms. The molecule has 1 aromatic rings. The maximum atomic E-state index is 11.9. The molecule has 1 aromatic carbocycles. The number of aryl methyl sites for hydroxylation is 1. The van der Waals surface area contributed by atoms with Gasteiger partial charge in [-0.3, -0.25) is 0 Å². The van der Waals surface area contributed by atoms with Crippen LogP contribution in [0.1, 0.15) is 18.9 Å². The summed E-state index contributed by atoms with van der Waals surface area (Å²) in [6, 6.07) is 8.09. The van der Waals surface area contributed by atoms with Crippen LogP contribution in [0.2, 0.25) is 0 Å². The second-order valence-electron chi connectivity index (χ2n) is 5.66. The quantitative estimate of drug-likeness (QED) is 0.769. The number of nitrogens with one attached hydrogen (secondary N) is 1. The summed E-state index contributed by atoms with van der Waals surface area (Å²) in [6.45, 7) is 5.90. The monoisotopic (exact) mass is 341 g/mol. The molecule has 1 heterocycles. The lowest BCUT2D eigenvalue weighted by Gasteiger charge is -2.33. The Kier molecular flexibility index (Phi) is 6.83. The van der Waals surface area contributed by atoms with Gasteiger partial charge < -0.3 is 9.64 Å². The van der Waals surface area contributed by atoms with Crippen LogP contribution in [0.15, 0.2) is 24.3 Å². The summed E-state index contributed by atoms with van der Waals surface area (Å²) in [7, 11) is -1.59. The van der Waals surface area contributed by atoms with Crippen molar-refractivity contribution in [1.29, 1.82) is 0 Å². The van der Waals surface area contributed by atoms with Gasteiger partial charge in [0.2, 0.25) is 0 Å². The van der Waals surface area contributed by atoms with Crippen molar-refractivity contribution < 1.29 is 13.2 Å². The highest BCUT2D eigenvalue weighted by atomic mass is 32.2. The fourth-order valence-electron chi connectivity index (χ4n) is 2.87. The second kappa shape index (κ2) is 8.63. The molecule has 0 unspecified atom stereocenters. The standard InChI is InChI=1S/C16H27N3O3S/c1-3-17-23(20,21)19-13-11-18(12-14-19)10-6-8-15-7-4-5-9-16(15)22-2/h4-5,7,9,17H,3,6,8,10-14H2,1-2H3. The lowest BCUT2D eigenvalue weighted by Crippen LogP contribution is -2.52. The largest absolute Gasteiger partial charge is 0.496 e. The molecule has 7 heteroatoms. The molecule has 1 aliphatic rings. The Bertz CT molecular complexity index is 584. The van der Waals surface area contributed by atoms with Crippen LogP contribution in [0.5, 0.6) is 5.75 Å². The van der Waals surface area contributed by atoms with E-state index in [4.69, 9.17) is 4.74 Å². The predicted octanol–water partition coefficient (Wildman–Crippen LogP) is 1.10.